The molecule has 6 heteroatoms. The molecule has 0 aromatic heterocycles. The zero-order valence-corrected chi connectivity index (χ0v) is 14.0. The van der Waals surface area contributed by atoms with Crippen LogP contribution in [0.4, 0.5) is 5.69 Å². The highest BCUT2D eigenvalue weighted by Crippen LogP contribution is 2.38. The van der Waals surface area contributed by atoms with E-state index >= 15 is 0 Å². The molecule has 1 aliphatic rings. The minimum atomic E-state index is -0.284. The molecule has 0 fully saturated rings. The average molecular weight is 355 g/mol. The van der Waals surface area contributed by atoms with Crippen molar-refractivity contribution in [1.29, 1.82) is 5.26 Å². The topological polar surface area (TPSA) is 71.4 Å². The predicted octanol–water partition coefficient (Wildman–Crippen LogP) is 4.02. The summed E-state index contributed by atoms with van der Waals surface area (Å²) in [4.78, 5) is 12.0. The second kappa shape index (κ2) is 7.73. The van der Waals surface area contributed by atoms with Gasteiger partial charge in [0.15, 0.2) is 11.5 Å². The van der Waals surface area contributed by atoms with Crippen LogP contribution in [0.15, 0.2) is 42.5 Å². The first-order valence-electron chi connectivity index (χ1n) is 7.74. The van der Waals surface area contributed by atoms with Gasteiger partial charge in [0.25, 0.3) is 0 Å². The van der Waals surface area contributed by atoms with E-state index in [4.69, 9.17) is 26.3 Å². The molecule has 0 spiro atoms. The minimum absolute atomic E-state index is 0.284. The molecule has 1 aliphatic heterocycles. The van der Waals surface area contributed by atoms with Gasteiger partial charge in [-0.25, -0.2) is 0 Å². The Bertz CT molecular complexity index is 854. The lowest BCUT2D eigenvalue weighted by Crippen LogP contribution is -2.07. The second-order valence-corrected chi connectivity index (χ2v) is 5.80. The van der Waals surface area contributed by atoms with Crippen molar-refractivity contribution in [1.82, 2.24) is 0 Å². The van der Waals surface area contributed by atoms with Crippen molar-refractivity contribution >= 4 is 29.3 Å². The maximum Gasteiger partial charge on any atom is 0.248 e. The number of benzene rings is 2. The number of hydrogen-bond acceptors (Lipinski definition) is 4. The van der Waals surface area contributed by atoms with E-state index in [0.717, 1.165) is 12.0 Å². The fourth-order valence-electron chi connectivity index (χ4n) is 2.33. The van der Waals surface area contributed by atoms with Crippen LogP contribution >= 0.6 is 11.6 Å². The van der Waals surface area contributed by atoms with E-state index in [1.807, 2.05) is 6.07 Å². The summed E-state index contributed by atoms with van der Waals surface area (Å²) in [6.45, 7) is 1.13. The van der Waals surface area contributed by atoms with Crippen LogP contribution in [0, 0.1) is 11.3 Å². The van der Waals surface area contributed by atoms with Crippen LogP contribution in [0.5, 0.6) is 11.5 Å². The molecule has 0 saturated carbocycles. The van der Waals surface area contributed by atoms with Gasteiger partial charge in [-0.1, -0.05) is 11.6 Å². The fourth-order valence-corrected chi connectivity index (χ4v) is 2.60. The van der Waals surface area contributed by atoms with Crippen LogP contribution in [0.3, 0.4) is 0 Å². The van der Waals surface area contributed by atoms with Crippen LogP contribution in [0.25, 0.3) is 6.08 Å². The lowest BCUT2D eigenvalue weighted by Gasteiger charge is -2.10. The Morgan fingerprint density at radius 2 is 1.96 bits per heavy atom. The van der Waals surface area contributed by atoms with Gasteiger partial charge in [0.05, 0.1) is 29.9 Å². The number of ether oxygens (including phenoxy) is 2. The van der Waals surface area contributed by atoms with Crippen molar-refractivity contribution in [2.24, 2.45) is 0 Å². The lowest BCUT2D eigenvalue weighted by molar-refractivity contribution is -0.111. The van der Waals surface area contributed by atoms with Gasteiger partial charge >= 0.3 is 0 Å². The summed E-state index contributed by atoms with van der Waals surface area (Å²) in [5, 5.41) is 11.9. The Morgan fingerprint density at radius 1 is 1.20 bits per heavy atom. The Labute approximate surface area is 150 Å². The molecule has 1 heterocycles. The van der Waals surface area contributed by atoms with Crippen molar-refractivity contribution in [2.45, 2.75) is 6.42 Å². The highest BCUT2D eigenvalue weighted by atomic mass is 35.5. The van der Waals surface area contributed by atoms with Gasteiger partial charge in [0, 0.05) is 18.2 Å². The number of hydrogen-bond donors (Lipinski definition) is 1. The van der Waals surface area contributed by atoms with Gasteiger partial charge < -0.3 is 14.8 Å². The molecule has 1 N–H and O–H groups in total. The number of rotatable bonds is 3. The number of nitrogens with zero attached hydrogens (tertiary/aromatic N) is 1. The van der Waals surface area contributed by atoms with E-state index in [1.54, 1.807) is 42.5 Å². The van der Waals surface area contributed by atoms with Gasteiger partial charge in [-0.3, -0.25) is 4.79 Å². The lowest BCUT2D eigenvalue weighted by atomic mass is 10.2. The standard InChI is InChI=1S/C19H15ClN2O3/c20-16-10-14(11-17-19(16)25-9-1-8-24-17)4-7-18(23)22-15-5-2-13(12-21)3-6-15/h2-7,10-11H,1,8-9H2,(H,22,23)/b7-4+. The molecule has 0 unspecified atom stereocenters. The molecule has 5 nitrogen and oxygen atoms in total. The summed E-state index contributed by atoms with van der Waals surface area (Å²) in [5.74, 6) is 0.837. The third kappa shape index (κ3) is 4.31. The molecule has 25 heavy (non-hydrogen) atoms. The molecule has 0 atom stereocenters. The molecular weight excluding hydrogens is 340 g/mol. The van der Waals surface area contributed by atoms with E-state index in [9.17, 15) is 4.79 Å². The Kier molecular flexibility index (Phi) is 5.22. The molecule has 0 saturated heterocycles. The highest BCUT2D eigenvalue weighted by Gasteiger charge is 2.14. The maximum absolute atomic E-state index is 12.0. The Balaban J connectivity index is 1.70. The SMILES string of the molecule is N#Cc1ccc(NC(=O)/C=C/c2cc(Cl)c3c(c2)OCCCO3)cc1. The van der Waals surface area contributed by atoms with E-state index in [1.165, 1.54) is 6.08 Å². The summed E-state index contributed by atoms with van der Waals surface area (Å²) in [7, 11) is 0. The molecule has 0 aliphatic carbocycles. The third-order valence-electron chi connectivity index (χ3n) is 3.53. The van der Waals surface area contributed by atoms with Crippen molar-refractivity contribution in [3.8, 4) is 17.6 Å². The van der Waals surface area contributed by atoms with Crippen molar-refractivity contribution in [3.05, 3.63) is 58.6 Å². The van der Waals surface area contributed by atoms with Crippen LogP contribution in [-0.2, 0) is 4.79 Å². The number of anilines is 1. The molecule has 0 radical (unpaired) electrons. The van der Waals surface area contributed by atoms with E-state index < -0.39 is 0 Å². The summed E-state index contributed by atoms with van der Waals surface area (Å²) < 4.78 is 11.2. The summed E-state index contributed by atoms with van der Waals surface area (Å²) in [6.07, 6.45) is 3.86. The van der Waals surface area contributed by atoms with Crippen molar-refractivity contribution < 1.29 is 14.3 Å². The molecule has 1 amide bonds. The number of amides is 1. The molecular formula is C19H15ClN2O3. The predicted molar refractivity (Wildman–Crippen MR) is 95.9 cm³/mol. The first-order chi connectivity index (χ1) is 12.2. The molecule has 0 bridgehead atoms. The van der Waals surface area contributed by atoms with Crippen LogP contribution in [0.2, 0.25) is 5.02 Å². The van der Waals surface area contributed by atoms with Crippen molar-refractivity contribution in [3.63, 3.8) is 0 Å². The zero-order chi connectivity index (χ0) is 17.6. The first-order valence-corrected chi connectivity index (χ1v) is 8.12. The third-order valence-corrected chi connectivity index (χ3v) is 3.81. The quantitative estimate of drug-likeness (QED) is 0.845. The molecule has 3 rings (SSSR count). The zero-order valence-electron chi connectivity index (χ0n) is 13.3. The summed E-state index contributed by atoms with van der Waals surface area (Å²) in [5.41, 5.74) is 1.89. The Morgan fingerprint density at radius 3 is 2.72 bits per heavy atom. The first kappa shape index (κ1) is 16.9. The highest BCUT2D eigenvalue weighted by molar-refractivity contribution is 6.32. The summed E-state index contributed by atoms with van der Waals surface area (Å²) >= 11 is 6.23. The number of carbonyl (C=O) groups excluding carboxylic acids is 1. The van der Waals surface area contributed by atoms with Gasteiger partial charge in [0.2, 0.25) is 5.91 Å². The van der Waals surface area contributed by atoms with E-state index in [0.29, 0.717) is 41.0 Å². The maximum atomic E-state index is 12.0. The smallest absolute Gasteiger partial charge is 0.248 e. The number of halogens is 1. The van der Waals surface area contributed by atoms with Crippen molar-refractivity contribution in [2.75, 3.05) is 18.5 Å². The number of nitrogens with one attached hydrogen (secondary N) is 1. The second-order valence-electron chi connectivity index (χ2n) is 5.39. The monoisotopic (exact) mass is 354 g/mol. The van der Waals surface area contributed by atoms with Gasteiger partial charge in [0.1, 0.15) is 0 Å². The van der Waals surface area contributed by atoms with Gasteiger partial charge in [-0.2, -0.15) is 5.26 Å². The molecule has 2 aromatic rings. The van der Waals surface area contributed by atoms with E-state index in [-0.39, 0.29) is 5.91 Å². The van der Waals surface area contributed by atoms with Crippen LogP contribution in [0.1, 0.15) is 17.5 Å². The molecule has 2 aromatic carbocycles. The van der Waals surface area contributed by atoms with Crippen LogP contribution < -0.4 is 14.8 Å². The average Bonchev–Trinajstić information content (AvgIpc) is 2.86. The van der Waals surface area contributed by atoms with Gasteiger partial charge in [-0.05, 0) is 48.0 Å². The number of carbonyl (C=O) groups is 1. The minimum Gasteiger partial charge on any atom is -0.489 e. The van der Waals surface area contributed by atoms with Gasteiger partial charge in [-0.15, -0.1) is 0 Å². The van der Waals surface area contributed by atoms with E-state index in [2.05, 4.69) is 5.32 Å². The summed E-state index contributed by atoms with van der Waals surface area (Å²) in [6, 6.07) is 12.2. The Hall–Kier alpha value is -2.97. The van der Waals surface area contributed by atoms with Crippen LogP contribution in [-0.4, -0.2) is 19.1 Å². The number of nitriles is 1. The molecule has 126 valence electrons. The number of fused-ring (bicyclic) bond motifs is 1. The largest absolute Gasteiger partial charge is 0.489 e. The normalized spacial score (nSPS) is 13.1. The fraction of sp³-hybridized carbons (Fsp3) is 0.158.